The standard InChI is InChI=1S/C14H18ClN3/c1-10(2)16-8-12-4-5-13(6-14(12)15)18-9-11(3)7-17-18/h4-7,9-10,16H,8H2,1-3H3. The molecule has 0 unspecified atom stereocenters. The molecule has 18 heavy (non-hydrogen) atoms. The van der Waals surface area contributed by atoms with E-state index in [0.29, 0.717) is 6.04 Å². The van der Waals surface area contributed by atoms with Crippen molar-refractivity contribution >= 4 is 11.6 Å². The highest BCUT2D eigenvalue weighted by Gasteiger charge is 2.04. The topological polar surface area (TPSA) is 29.9 Å². The summed E-state index contributed by atoms with van der Waals surface area (Å²) < 4.78 is 1.83. The van der Waals surface area contributed by atoms with Gasteiger partial charge in [0.15, 0.2) is 0 Å². The second-order valence-electron chi connectivity index (χ2n) is 4.77. The minimum atomic E-state index is 0.453. The van der Waals surface area contributed by atoms with Crippen LogP contribution in [0.4, 0.5) is 0 Å². The van der Waals surface area contributed by atoms with Crippen LogP contribution in [0.3, 0.4) is 0 Å². The lowest BCUT2D eigenvalue weighted by molar-refractivity contribution is 0.589. The van der Waals surface area contributed by atoms with Gasteiger partial charge >= 0.3 is 0 Å². The molecule has 0 fully saturated rings. The van der Waals surface area contributed by atoms with Gasteiger partial charge in [0.25, 0.3) is 0 Å². The van der Waals surface area contributed by atoms with E-state index in [0.717, 1.165) is 28.4 Å². The molecule has 1 aromatic heterocycles. The predicted octanol–water partition coefficient (Wildman–Crippen LogP) is 3.33. The van der Waals surface area contributed by atoms with Gasteiger partial charge in [-0.05, 0) is 30.2 Å². The first kappa shape index (κ1) is 13.1. The smallest absolute Gasteiger partial charge is 0.0660 e. The molecule has 0 aliphatic heterocycles. The molecule has 2 aromatic rings. The van der Waals surface area contributed by atoms with E-state index in [1.54, 1.807) is 0 Å². The van der Waals surface area contributed by atoms with Crippen molar-refractivity contribution in [2.24, 2.45) is 0 Å². The van der Waals surface area contributed by atoms with Crippen LogP contribution in [-0.2, 0) is 6.54 Å². The minimum absolute atomic E-state index is 0.453. The van der Waals surface area contributed by atoms with Gasteiger partial charge in [-0.15, -0.1) is 0 Å². The molecule has 0 bridgehead atoms. The van der Waals surface area contributed by atoms with Gasteiger partial charge in [-0.3, -0.25) is 0 Å². The Morgan fingerprint density at radius 1 is 1.39 bits per heavy atom. The number of hydrogen-bond acceptors (Lipinski definition) is 2. The van der Waals surface area contributed by atoms with Gasteiger partial charge in [-0.25, -0.2) is 4.68 Å². The number of benzene rings is 1. The third-order valence-electron chi connectivity index (χ3n) is 2.71. The molecule has 2 rings (SSSR count). The third kappa shape index (κ3) is 3.12. The SMILES string of the molecule is Cc1cnn(-c2ccc(CNC(C)C)c(Cl)c2)c1. The van der Waals surface area contributed by atoms with Crippen LogP contribution in [0.1, 0.15) is 25.0 Å². The first-order valence-electron chi connectivity index (χ1n) is 6.09. The lowest BCUT2D eigenvalue weighted by Crippen LogP contribution is -2.22. The lowest BCUT2D eigenvalue weighted by atomic mass is 10.2. The van der Waals surface area contributed by atoms with E-state index in [2.05, 4.69) is 24.3 Å². The molecule has 0 aliphatic carbocycles. The molecule has 96 valence electrons. The molecule has 1 aromatic carbocycles. The molecule has 0 spiro atoms. The van der Waals surface area contributed by atoms with Gasteiger partial charge in [0, 0.05) is 23.8 Å². The van der Waals surface area contributed by atoms with Gasteiger partial charge < -0.3 is 5.32 Å². The number of hydrogen-bond donors (Lipinski definition) is 1. The summed E-state index contributed by atoms with van der Waals surface area (Å²) in [7, 11) is 0. The second kappa shape index (κ2) is 5.55. The quantitative estimate of drug-likeness (QED) is 0.917. The van der Waals surface area contributed by atoms with Crippen molar-refractivity contribution in [1.82, 2.24) is 15.1 Å². The van der Waals surface area contributed by atoms with Crippen molar-refractivity contribution in [1.29, 1.82) is 0 Å². The number of nitrogens with one attached hydrogen (secondary N) is 1. The molecule has 1 N–H and O–H groups in total. The Hall–Kier alpha value is -1.32. The summed E-state index contributed by atoms with van der Waals surface area (Å²) >= 11 is 6.29. The summed E-state index contributed by atoms with van der Waals surface area (Å²) in [5.41, 5.74) is 3.23. The van der Waals surface area contributed by atoms with E-state index >= 15 is 0 Å². The summed E-state index contributed by atoms with van der Waals surface area (Å²) in [6.07, 6.45) is 3.82. The maximum absolute atomic E-state index is 6.29. The van der Waals surface area contributed by atoms with Crippen molar-refractivity contribution in [3.8, 4) is 5.69 Å². The summed E-state index contributed by atoms with van der Waals surface area (Å²) in [5.74, 6) is 0. The minimum Gasteiger partial charge on any atom is -0.310 e. The first-order chi connectivity index (χ1) is 8.56. The average Bonchev–Trinajstić information content (AvgIpc) is 2.74. The van der Waals surface area contributed by atoms with Crippen molar-refractivity contribution in [2.75, 3.05) is 0 Å². The fourth-order valence-corrected chi connectivity index (χ4v) is 1.93. The zero-order valence-corrected chi connectivity index (χ0v) is 11.7. The van der Waals surface area contributed by atoms with Gasteiger partial charge in [0.1, 0.15) is 0 Å². The van der Waals surface area contributed by atoms with Gasteiger partial charge in [-0.2, -0.15) is 5.10 Å². The fraction of sp³-hybridized carbons (Fsp3) is 0.357. The second-order valence-corrected chi connectivity index (χ2v) is 5.18. The normalized spacial score (nSPS) is 11.2. The summed E-state index contributed by atoms with van der Waals surface area (Å²) in [4.78, 5) is 0. The van der Waals surface area contributed by atoms with E-state index in [1.165, 1.54) is 0 Å². The molecule has 1 heterocycles. The lowest BCUT2D eigenvalue weighted by Gasteiger charge is -2.10. The molecule has 0 radical (unpaired) electrons. The highest BCUT2D eigenvalue weighted by atomic mass is 35.5. The number of aryl methyl sites for hydroxylation is 1. The van der Waals surface area contributed by atoms with E-state index in [1.807, 2.05) is 42.2 Å². The summed E-state index contributed by atoms with van der Waals surface area (Å²) in [6.45, 7) is 7.05. The predicted molar refractivity (Wildman–Crippen MR) is 75.3 cm³/mol. The monoisotopic (exact) mass is 263 g/mol. The number of aromatic nitrogens is 2. The highest BCUT2D eigenvalue weighted by Crippen LogP contribution is 2.20. The third-order valence-corrected chi connectivity index (χ3v) is 3.07. The molecule has 0 amide bonds. The fourth-order valence-electron chi connectivity index (χ4n) is 1.69. The molecule has 0 saturated heterocycles. The van der Waals surface area contributed by atoms with Crippen LogP contribution in [0.15, 0.2) is 30.6 Å². The zero-order chi connectivity index (χ0) is 13.1. The van der Waals surface area contributed by atoms with Crippen LogP contribution in [0.2, 0.25) is 5.02 Å². The molecular formula is C14H18ClN3. The molecule has 0 atom stereocenters. The average molecular weight is 264 g/mol. The van der Waals surface area contributed by atoms with Gasteiger partial charge in [-0.1, -0.05) is 31.5 Å². The Kier molecular flexibility index (Phi) is 4.04. The largest absolute Gasteiger partial charge is 0.310 e. The van der Waals surface area contributed by atoms with E-state index < -0.39 is 0 Å². The van der Waals surface area contributed by atoms with Crippen molar-refractivity contribution in [3.05, 3.63) is 46.7 Å². The van der Waals surface area contributed by atoms with Crippen LogP contribution < -0.4 is 5.32 Å². The Labute approximate surface area is 113 Å². The molecule has 0 saturated carbocycles. The molecular weight excluding hydrogens is 246 g/mol. The number of rotatable bonds is 4. The summed E-state index contributed by atoms with van der Waals surface area (Å²) in [6, 6.07) is 6.49. The molecule has 0 aliphatic rings. The Morgan fingerprint density at radius 2 is 2.17 bits per heavy atom. The first-order valence-corrected chi connectivity index (χ1v) is 6.47. The zero-order valence-electron chi connectivity index (χ0n) is 10.9. The van der Waals surface area contributed by atoms with Crippen molar-refractivity contribution in [3.63, 3.8) is 0 Å². The van der Waals surface area contributed by atoms with Crippen LogP contribution in [0.25, 0.3) is 5.69 Å². The Bertz CT molecular complexity index is 532. The van der Waals surface area contributed by atoms with Crippen LogP contribution in [-0.4, -0.2) is 15.8 Å². The molecule has 4 heteroatoms. The number of halogens is 1. The van der Waals surface area contributed by atoms with E-state index in [4.69, 9.17) is 11.6 Å². The Morgan fingerprint density at radius 3 is 2.72 bits per heavy atom. The van der Waals surface area contributed by atoms with Gasteiger partial charge in [0.2, 0.25) is 0 Å². The van der Waals surface area contributed by atoms with Crippen molar-refractivity contribution in [2.45, 2.75) is 33.4 Å². The Balaban J connectivity index is 2.19. The maximum Gasteiger partial charge on any atom is 0.0660 e. The van der Waals surface area contributed by atoms with Crippen molar-refractivity contribution < 1.29 is 0 Å². The van der Waals surface area contributed by atoms with E-state index in [9.17, 15) is 0 Å². The maximum atomic E-state index is 6.29. The van der Waals surface area contributed by atoms with E-state index in [-0.39, 0.29) is 0 Å². The number of nitrogens with zero attached hydrogens (tertiary/aromatic N) is 2. The summed E-state index contributed by atoms with van der Waals surface area (Å²) in [5, 5.41) is 8.40. The van der Waals surface area contributed by atoms with Crippen LogP contribution in [0, 0.1) is 6.92 Å². The van der Waals surface area contributed by atoms with Crippen LogP contribution in [0.5, 0.6) is 0 Å². The molecule has 3 nitrogen and oxygen atoms in total. The highest BCUT2D eigenvalue weighted by molar-refractivity contribution is 6.31. The van der Waals surface area contributed by atoms with Gasteiger partial charge in [0.05, 0.1) is 11.9 Å². The van der Waals surface area contributed by atoms with Crippen LogP contribution >= 0.6 is 11.6 Å².